The predicted molar refractivity (Wildman–Crippen MR) is 40.9 cm³/mol. The summed E-state index contributed by atoms with van der Waals surface area (Å²) in [7, 11) is 0. The highest BCUT2D eigenvalue weighted by atomic mass is 16.3. The second kappa shape index (κ2) is 4.87. The normalized spacial score (nSPS) is 15.2. The Kier molecular flexibility index (Phi) is 4.49. The van der Waals surface area contributed by atoms with Gasteiger partial charge in [-0.25, -0.2) is 0 Å². The van der Waals surface area contributed by atoms with Crippen molar-refractivity contribution in [3.8, 4) is 0 Å². The van der Waals surface area contributed by atoms with Crippen LogP contribution >= 0.6 is 0 Å². The van der Waals surface area contributed by atoms with E-state index in [-0.39, 0.29) is 6.61 Å². The van der Waals surface area contributed by atoms with E-state index >= 15 is 0 Å². The van der Waals surface area contributed by atoms with Crippen molar-refractivity contribution in [2.45, 2.75) is 19.1 Å². The van der Waals surface area contributed by atoms with E-state index < -0.39 is 18.1 Å². The minimum atomic E-state index is -1.05. The topological polar surface area (TPSA) is 69.6 Å². The van der Waals surface area contributed by atoms with E-state index in [2.05, 4.69) is 11.9 Å². The number of rotatable bonds is 4. The molecule has 2 atom stereocenters. The molecule has 11 heavy (non-hydrogen) atoms. The van der Waals surface area contributed by atoms with Crippen LogP contribution in [0.2, 0.25) is 0 Å². The van der Waals surface area contributed by atoms with Gasteiger partial charge in [0.15, 0.2) is 0 Å². The van der Waals surface area contributed by atoms with Gasteiger partial charge in [0, 0.05) is 0 Å². The van der Waals surface area contributed by atoms with Gasteiger partial charge >= 0.3 is 0 Å². The molecule has 1 amide bonds. The van der Waals surface area contributed by atoms with Crippen molar-refractivity contribution in [1.29, 1.82) is 0 Å². The third-order valence-corrected chi connectivity index (χ3v) is 1.19. The lowest BCUT2D eigenvalue weighted by molar-refractivity contribution is -0.129. The Hall–Kier alpha value is -0.870. The van der Waals surface area contributed by atoms with Crippen LogP contribution in [0.3, 0.4) is 0 Å². The van der Waals surface area contributed by atoms with Gasteiger partial charge in [-0.3, -0.25) is 4.79 Å². The van der Waals surface area contributed by atoms with Crippen LogP contribution in [-0.2, 0) is 4.79 Å². The summed E-state index contributed by atoms with van der Waals surface area (Å²) < 4.78 is 0. The summed E-state index contributed by atoms with van der Waals surface area (Å²) >= 11 is 0. The number of carbonyl (C=O) groups excluding carboxylic acids is 1. The van der Waals surface area contributed by atoms with E-state index in [1.165, 1.54) is 13.0 Å². The molecule has 0 rings (SSSR count). The molecule has 0 spiro atoms. The van der Waals surface area contributed by atoms with Crippen molar-refractivity contribution in [3.05, 3.63) is 12.7 Å². The number of aliphatic hydroxyl groups is 2. The summed E-state index contributed by atoms with van der Waals surface area (Å²) in [5, 5.41) is 19.7. The monoisotopic (exact) mass is 159 g/mol. The Morgan fingerprint density at radius 1 is 1.82 bits per heavy atom. The summed E-state index contributed by atoms with van der Waals surface area (Å²) in [5.74, 6) is -0.510. The number of hydrogen-bond acceptors (Lipinski definition) is 3. The van der Waals surface area contributed by atoms with E-state index in [0.717, 1.165) is 0 Å². The van der Waals surface area contributed by atoms with Crippen LogP contribution in [0, 0.1) is 0 Å². The van der Waals surface area contributed by atoms with Crippen molar-refractivity contribution in [2.75, 3.05) is 6.61 Å². The van der Waals surface area contributed by atoms with Gasteiger partial charge in [-0.15, -0.1) is 6.58 Å². The zero-order valence-corrected chi connectivity index (χ0v) is 6.45. The number of nitrogens with one attached hydrogen (secondary N) is 1. The number of aliphatic hydroxyl groups excluding tert-OH is 2. The summed E-state index contributed by atoms with van der Waals surface area (Å²) in [5.41, 5.74) is 0. The summed E-state index contributed by atoms with van der Waals surface area (Å²) in [6.07, 6.45) is 0.351. The minimum Gasteiger partial charge on any atom is -0.394 e. The lowest BCUT2D eigenvalue weighted by Gasteiger charge is -2.12. The van der Waals surface area contributed by atoms with Crippen LogP contribution in [-0.4, -0.2) is 34.9 Å². The van der Waals surface area contributed by atoms with Crippen LogP contribution < -0.4 is 5.32 Å². The van der Waals surface area contributed by atoms with Crippen LogP contribution in [0.25, 0.3) is 0 Å². The zero-order chi connectivity index (χ0) is 8.85. The molecule has 0 aliphatic carbocycles. The maximum absolute atomic E-state index is 10.8. The first-order chi connectivity index (χ1) is 5.11. The summed E-state index contributed by atoms with van der Waals surface area (Å²) in [6, 6.07) is -0.475. The molecule has 0 fully saturated rings. The molecular formula is C7H13NO3. The second-order valence-electron chi connectivity index (χ2n) is 2.21. The van der Waals surface area contributed by atoms with Crippen LogP contribution in [0.1, 0.15) is 6.92 Å². The Bertz CT molecular complexity index is 145. The van der Waals surface area contributed by atoms with Crippen molar-refractivity contribution in [3.63, 3.8) is 0 Å². The highest BCUT2D eigenvalue weighted by Crippen LogP contribution is 1.85. The van der Waals surface area contributed by atoms with Gasteiger partial charge in [-0.1, -0.05) is 6.08 Å². The molecule has 4 heteroatoms. The van der Waals surface area contributed by atoms with Crippen molar-refractivity contribution in [1.82, 2.24) is 5.32 Å². The SMILES string of the molecule is C=CC(CO)NC(=O)C(C)O. The Balaban J connectivity index is 3.81. The molecule has 4 nitrogen and oxygen atoms in total. The van der Waals surface area contributed by atoms with Gasteiger partial charge in [-0.2, -0.15) is 0 Å². The second-order valence-corrected chi connectivity index (χ2v) is 2.21. The number of amides is 1. The Morgan fingerprint density at radius 2 is 2.36 bits per heavy atom. The quantitative estimate of drug-likeness (QED) is 0.462. The highest BCUT2D eigenvalue weighted by Gasteiger charge is 2.11. The van der Waals surface area contributed by atoms with Gasteiger partial charge in [0.2, 0.25) is 5.91 Å². The molecule has 64 valence electrons. The van der Waals surface area contributed by atoms with E-state index in [1.54, 1.807) is 0 Å². The van der Waals surface area contributed by atoms with Gasteiger partial charge < -0.3 is 15.5 Å². The fourth-order valence-corrected chi connectivity index (χ4v) is 0.482. The van der Waals surface area contributed by atoms with Crippen molar-refractivity contribution < 1.29 is 15.0 Å². The van der Waals surface area contributed by atoms with E-state index in [9.17, 15) is 4.79 Å². The maximum Gasteiger partial charge on any atom is 0.249 e. The predicted octanol–water partition coefficient (Wildman–Crippen LogP) is -0.970. The molecular weight excluding hydrogens is 146 g/mol. The third-order valence-electron chi connectivity index (χ3n) is 1.19. The highest BCUT2D eigenvalue weighted by molar-refractivity contribution is 5.80. The molecule has 0 aromatic carbocycles. The van der Waals surface area contributed by atoms with Crippen molar-refractivity contribution >= 4 is 5.91 Å². The Labute approximate surface area is 65.5 Å². The van der Waals surface area contributed by atoms with Gasteiger partial charge in [-0.05, 0) is 6.92 Å². The maximum atomic E-state index is 10.8. The van der Waals surface area contributed by atoms with Crippen molar-refractivity contribution in [2.24, 2.45) is 0 Å². The smallest absolute Gasteiger partial charge is 0.249 e. The first-order valence-electron chi connectivity index (χ1n) is 3.33. The molecule has 0 saturated heterocycles. The van der Waals surface area contributed by atoms with Gasteiger partial charge in [0.25, 0.3) is 0 Å². The molecule has 0 saturated carbocycles. The molecule has 0 radical (unpaired) electrons. The molecule has 0 bridgehead atoms. The fraction of sp³-hybridized carbons (Fsp3) is 0.571. The molecule has 0 aliphatic heterocycles. The van der Waals surface area contributed by atoms with E-state index in [1.807, 2.05) is 0 Å². The lowest BCUT2D eigenvalue weighted by Crippen LogP contribution is -2.41. The van der Waals surface area contributed by atoms with E-state index in [0.29, 0.717) is 0 Å². The van der Waals surface area contributed by atoms with Gasteiger partial charge in [0.05, 0.1) is 12.6 Å². The van der Waals surface area contributed by atoms with Crippen LogP contribution in [0.15, 0.2) is 12.7 Å². The zero-order valence-electron chi connectivity index (χ0n) is 6.45. The third kappa shape index (κ3) is 3.75. The molecule has 0 aromatic rings. The minimum absolute atomic E-state index is 0.206. The van der Waals surface area contributed by atoms with Crippen LogP contribution in [0.4, 0.5) is 0 Å². The first-order valence-corrected chi connectivity index (χ1v) is 3.33. The van der Waals surface area contributed by atoms with E-state index in [4.69, 9.17) is 10.2 Å². The Morgan fingerprint density at radius 3 is 2.64 bits per heavy atom. The standard InChI is InChI=1S/C7H13NO3/c1-3-6(4-9)8-7(11)5(2)10/h3,5-6,9-10H,1,4H2,2H3,(H,8,11). The van der Waals surface area contributed by atoms with Crippen LogP contribution in [0.5, 0.6) is 0 Å². The largest absolute Gasteiger partial charge is 0.394 e. The molecule has 0 aliphatic rings. The average Bonchev–Trinajstić information content (AvgIpc) is 1.99. The average molecular weight is 159 g/mol. The molecule has 0 heterocycles. The number of hydrogen-bond donors (Lipinski definition) is 3. The molecule has 0 aromatic heterocycles. The first kappa shape index (κ1) is 10.1. The fourth-order valence-electron chi connectivity index (χ4n) is 0.482. The summed E-state index contributed by atoms with van der Waals surface area (Å²) in [4.78, 5) is 10.8. The molecule has 3 N–H and O–H groups in total. The molecule has 2 unspecified atom stereocenters. The van der Waals surface area contributed by atoms with Gasteiger partial charge in [0.1, 0.15) is 6.10 Å². The summed E-state index contributed by atoms with van der Waals surface area (Å²) in [6.45, 7) is 4.54. The lowest BCUT2D eigenvalue weighted by atomic mass is 10.3. The number of carbonyl (C=O) groups is 1.